The fraction of sp³-hybridized carbons (Fsp3) is 0.400. The van der Waals surface area contributed by atoms with Gasteiger partial charge in [-0.1, -0.05) is 19.1 Å². The van der Waals surface area contributed by atoms with Crippen LogP contribution in [0.5, 0.6) is 0 Å². The Hall–Kier alpha value is -2.02. The number of nitrogens with one attached hydrogen (secondary N) is 2. The average Bonchev–Trinajstić information content (AvgIpc) is 2.47. The number of carboxylic acids is 1. The highest BCUT2D eigenvalue weighted by molar-refractivity contribution is 8.00. The Morgan fingerprint density at radius 1 is 1.09 bits per heavy atom. The van der Waals surface area contributed by atoms with Gasteiger partial charge in [0.05, 0.1) is 17.9 Å². The quantitative estimate of drug-likeness (QED) is 0.640. The monoisotopic (exact) mass is 324 g/mol. The number of aryl methyl sites for hydroxylation is 1. The Balaban J connectivity index is 2.19. The van der Waals surface area contributed by atoms with Gasteiger partial charge in [-0.3, -0.25) is 14.4 Å². The summed E-state index contributed by atoms with van der Waals surface area (Å²) in [5, 5.41) is 13.7. The lowest BCUT2D eigenvalue weighted by atomic mass is 10.1. The molecule has 1 aromatic rings. The van der Waals surface area contributed by atoms with Gasteiger partial charge < -0.3 is 15.7 Å². The topological polar surface area (TPSA) is 95.5 Å². The molecular weight excluding hydrogens is 304 g/mol. The van der Waals surface area contributed by atoms with Crippen LogP contribution in [0.3, 0.4) is 0 Å². The number of hydrogen-bond acceptors (Lipinski definition) is 4. The van der Waals surface area contributed by atoms with E-state index in [1.165, 1.54) is 17.3 Å². The third-order valence-corrected chi connectivity index (χ3v) is 3.71. The molecule has 0 spiro atoms. The molecule has 0 saturated carbocycles. The van der Waals surface area contributed by atoms with E-state index in [9.17, 15) is 14.4 Å². The summed E-state index contributed by atoms with van der Waals surface area (Å²) in [5.41, 5.74) is 1.93. The summed E-state index contributed by atoms with van der Waals surface area (Å²) < 4.78 is 0. The molecule has 0 aliphatic carbocycles. The van der Waals surface area contributed by atoms with Crippen LogP contribution in [-0.2, 0) is 20.8 Å². The lowest BCUT2D eigenvalue weighted by Crippen LogP contribution is -2.28. The highest BCUT2D eigenvalue weighted by atomic mass is 32.2. The molecule has 2 amide bonds. The van der Waals surface area contributed by atoms with Crippen LogP contribution in [0.4, 0.5) is 5.69 Å². The van der Waals surface area contributed by atoms with Crippen LogP contribution in [0.2, 0.25) is 0 Å². The summed E-state index contributed by atoms with van der Waals surface area (Å²) in [6.07, 6.45) is 0.839. The molecule has 120 valence electrons. The molecule has 6 nitrogen and oxygen atoms in total. The Bertz CT molecular complexity index is 517. The van der Waals surface area contributed by atoms with E-state index in [0.29, 0.717) is 0 Å². The fourth-order valence-electron chi connectivity index (χ4n) is 1.62. The van der Waals surface area contributed by atoms with Gasteiger partial charge in [-0.15, -0.1) is 11.8 Å². The molecule has 22 heavy (non-hydrogen) atoms. The molecule has 3 N–H and O–H groups in total. The van der Waals surface area contributed by atoms with Crippen LogP contribution in [0, 0.1) is 0 Å². The van der Waals surface area contributed by atoms with Gasteiger partial charge in [0.25, 0.3) is 0 Å². The van der Waals surface area contributed by atoms with Crippen molar-refractivity contribution >= 4 is 35.2 Å². The first-order valence-corrected chi connectivity index (χ1v) is 8.11. The predicted octanol–water partition coefficient (Wildman–Crippen LogP) is 1.51. The molecule has 0 aromatic heterocycles. The zero-order valence-corrected chi connectivity index (χ0v) is 13.2. The van der Waals surface area contributed by atoms with Gasteiger partial charge in [0.1, 0.15) is 0 Å². The van der Waals surface area contributed by atoms with E-state index < -0.39 is 5.97 Å². The van der Waals surface area contributed by atoms with E-state index in [1.54, 1.807) is 0 Å². The Kier molecular flexibility index (Phi) is 8.06. The van der Waals surface area contributed by atoms with Gasteiger partial charge in [-0.05, 0) is 24.1 Å². The van der Waals surface area contributed by atoms with Crippen LogP contribution in [0.25, 0.3) is 0 Å². The van der Waals surface area contributed by atoms with Crippen molar-refractivity contribution in [1.82, 2.24) is 5.32 Å². The second-order valence-corrected chi connectivity index (χ2v) is 5.57. The van der Waals surface area contributed by atoms with Crippen molar-refractivity contribution < 1.29 is 19.5 Å². The lowest BCUT2D eigenvalue weighted by Gasteiger charge is -2.06. The minimum atomic E-state index is -0.957. The predicted molar refractivity (Wildman–Crippen MR) is 87.0 cm³/mol. The fourth-order valence-corrected chi connectivity index (χ4v) is 2.26. The maximum Gasteiger partial charge on any atom is 0.305 e. The van der Waals surface area contributed by atoms with Gasteiger partial charge in [0, 0.05) is 12.2 Å². The van der Waals surface area contributed by atoms with E-state index in [0.717, 1.165) is 12.1 Å². The van der Waals surface area contributed by atoms with Crippen molar-refractivity contribution in [2.75, 3.05) is 23.4 Å². The third-order valence-electron chi connectivity index (χ3n) is 2.77. The van der Waals surface area contributed by atoms with Crippen molar-refractivity contribution in [2.24, 2.45) is 0 Å². The second kappa shape index (κ2) is 9.83. The number of anilines is 1. The summed E-state index contributed by atoms with van der Waals surface area (Å²) in [6, 6.07) is 7.61. The number of amides is 2. The molecule has 0 saturated heterocycles. The van der Waals surface area contributed by atoms with Gasteiger partial charge in [-0.25, -0.2) is 0 Å². The number of aliphatic carboxylic acids is 1. The van der Waals surface area contributed by atoms with Crippen LogP contribution >= 0.6 is 11.8 Å². The first kappa shape index (κ1) is 18.0. The third kappa shape index (κ3) is 7.68. The maximum atomic E-state index is 11.7. The smallest absolute Gasteiger partial charge is 0.305 e. The molecule has 0 bridgehead atoms. The number of hydrogen-bond donors (Lipinski definition) is 3. The van der Waals surface area contributed by atoms with Crippen LogP contribution in [0.1, 0.15) is 18.9 Å². The molecule has 7 heteroatoms. The zero-order valence-electron chi connectivity index (χ0n) is 12.4. The number of benzene rings is 1. The molecular formula is C15H20N2O4S. The minimum Gasteiger partial charge on any atom is -0.481 e. The highest BCUT2D eigenvalue weighted by Gasteiger charge is 2.06. The summed E-state index contributed by atoms with van der Waals surface area (Å²) >= 11 is 1.18. The van der Waals surface area contributed by atoms with Crippen LogP contribution in [0.15, 0.2) is 24.3 Å². The molecule has 0 heterocycles. The van der Waals surface area contributed by atoms with Crippen LogP contribution in [-0.4, -0.2) is 40.9 Å². The molecule has 0 aliphatic rings. The van der Waals surface area contributed by atoms with Crippen LogP contribution < -0.4 is 10.6 Å². The van der Waals surface area contributed by atoms with Crippen molar-refractivity contribution in [3.8, 4) is 0 Å². The van der Waals surface area contributed by atoms with E-state index in [1.807, 2.05) is 24.3 Å². The SMILES string of the molecule is CCc1ccc(NC(=O)CSCC(=O)NCCC(=O)O)cc1. The normalized spacial score (nSPS) is 10.0. The molecule has 0 atom stereocenters. The van der Waals surface area contributed by atoms with Crippen molar-refractivity contribution in [3.63, 3.8) is 0 Å². The molecule has 0 radical (unpaired) electrons. The Morgan fingerprint density at radius 2 is 1.73 bits per heavy atom. The summed E-state index contributed by atoms with van der Waals surface area (Å²) in [5.74, 6) is -1.11. The summed E-state index contributed by atoms with van der Waals surface area (Å²) in [4.78, 5) is 33.4. The lowest BCUT2D eigenvalue weighted by molar-refractivity contribution is -0.136. The first-order valence-electron chi connectivity index (χ1n) is 6.96. The number of carbonyl (C=O) groups is 3. The van der Waals surface area contributed by atoms with Crippen molar-refractivity contribution in [1.29, 1.82) is 0 Å². The number of thioether (sulfide) groups is 1. The molecule has 1 rings (SSSR count). The summed E-state index contributed by atoms with van der Waals surface area (Å²) in [6.45, 7) is 2.16. The Labute approximate surface area is 133 Å². The van der Waals surface area contributed by atoms with E-state index >= 15 is 0 Å². The summed E-state index contributed by atoms with van der Waals surface area (Å²) in [7, 11) is 0. The van der Waals surface area contributed by atoms with Gasteiger partial charge >= 0.3 is 5.97 Å². The average molecular weight is 324 g/mol. The minimum absolute atomic E-state index is 0.102. The molecule has 0 unspecified atom stereocenters. The standard InChI is InChI=1S/C15H20N2O4S/c1-2-11-3-5-12(6-4-11)17-14(19)10-22-9-13(18)16-8-7-15(20)21/h3-6H,2,7-10H2,1H3,(H,16,18)(H,17,19)(H,20,21). The number of carboxylic acid groups (broad SMARTS) is 1. The zero-order chi connectivity index (χ0) is 16.4. The van der Waals surface area contributed by atoms with E-state index in [2.05, 4.69) is 17.6 Å². The Morgan fingerprint density at radius 3 is 2.32 bits per heavy atom. The second-order valence-electron chi connectivity index (χ2n) is 4.59. The molecule has 0 aliphatic heterocycles. The number of carbonyl (C=O) groups excluding carboxylic acids is 2. The van der Waals surface area contributed by atoms with Gasteiger partial charge in [-0.2, -0.15) is 0 Å². The van der Waals surface area contributed by atoms with Crippen molar-refractivity contribution in [3.05, 3.63) is 29.8 Å². The molecule has 1 aromatic carbocycles. The molecule has 0 fully saturated rings. The van der Waals surface area contributed by atoms with E-state index in [-0.39, 0.29) is 36.3 Å². The maximum absolute atomic E-state index is 11.7. The number of rotatable bonds is 9. The van der Waals surface area contributed by atoms with Crippen molar-refractivity contribution in [2.45, 2.75) is 19.8 Å². The first-order chi connectivity index (χ1) is 10.5. The van der Waals surface area contributed by atoms with Gasteiger partial charge in [0.15, 0.2) is 0 Å². The van der Waals surface area contributed by atoms with E-state index in [4.69, 9.17) is 5.11 Å². The highest BCUT2D eigenvalue weighted by Crippen LogP contribution is 2.10. The largest absolute Gasteiger partial charge is 0.481 e. The van der Waals surface area contributed by atoms with Gasteiger partial charge in [0.2, 0.25) is 11.8 Å².